The summed E-state index contributed by atoms with van der Waals surface area (Å²) in [6.45, 7) is 9.84. The lowest BCUT2D eigenvalue weighted by atomic mass is 9.98. The maximum absolute atomic E-state index is 12.5. The van der Waals surface area contributed by atoms with Crippen LogP contribution in [0.5, 0.6) is 0 Å². The summed E-state index contributed by atoms with van der Waals surface area (Å²) in [4.78, 5) is 26.3. The second-order valence-electron chi connectivity index (χ2n) is 9.09. The minimum absolute atomic E-state index is 0.0711. The first-order valence-electron chi connectivity index (χ1n) is 10.9. The molecule has 1 fully saturated rings. The van der Waals surface area contributed by atoms with Crippen molar-refractivity contribution in [1.29, 1.82) is 0 Å². The summed E-state index contributed by atoms with van der Waals surface area (Å²) in [6.07, 6.45) is 5.24. The maximum atomic E-state index is 12.5. The van der Waals surface area contributed by atoms with Crippen molar-refractivity contribution in [3.63, 3.8) is 0 Å². The molecule has 2 aliphatic rings. The van der Waals surface area contributed by atoms with Crippen LogP contribution in [0.25, 0.3) is 0 Å². The van der Waals surface area contributed by atoms with Crippen LogP contribution >= 0.6 is 0 Å². The fourth-order valence-electron chi connectivity index (χ4n) is 3.72. The summed E-state index contributed by atoms with van der Waals surface area (Å²) in [5.74, 6) is -0.220. The van der Waals surface area contributed by atoms with Gasteiger partial charge in [0, 0.05) is 32.7 Å². The highest BCUT2D eigenvalue weighted by Crippen LogP contribution is 2.21. The molecular weight excluding hydrogens is 406 g/mol. The number of hydrogen-bond donors (Lipinski definition) is 1. The van der Waals surface area contributed by atoms with E-state index >= 15 is 0 Å². The van der Waals surface area contributed by atoms with E-state index in [4.69, 9.17) is 4.74 Å². The molecule has 0 aromatic rings. The van der Waals surface area contributed by atoms with Gasteiger partial charge in [-0.15, -0.1) is 0 Å². The van der Waals surface area contributed by atoms with Crippen LogP contribution < -0.4 is 5.32 Å². The number of nitrogens with zero attached hydrogens (tertiary/aromatic N) is 2. The topological polar surface area (TPSA) is 96.0 Å². The summed E-state index contributed by atoms with van der Waals surface area (Å²) in [6, 6.07) is 0. The molecular formula is C21H37N3O5S. The van der Waals surface area contributed by atoms with Gasteiger partial charge in [-0.2, -0.15) is 0 Å². The minimum atomic E-state index is -3.26. The number of piperidine rings is 1. The van der Waals surface area contributed by atoms with E-state index in [1.54, 1.807) is 4.90 Å². The van der Waals surface area contributed by atoms with Crippen molar-refractivity contribution in [3.05, 3.63) is 11.6 Å². The molecule has 2 rings (SSSR count). The van der Waals surface area contributed by atoms with E-state index in [-0.39, 0.29) is 30.2 Å². The minimum Gasteiger partial charge on any atom is -0.444 e. The molecule has 9 heteroatoms. The number of carbonyl (C=O) groups excluding carboxylic acids is 2. The molecule has 1 saturated heterocycles. The average molecular weight is 444 g/mol. The van der Waals surface area contributed by atoms with Gasteiger partial charge in [0.2, 0.25) is 15.9 Å². The molecule has 172 valence electrons. The van der Waals surface area contributed by atoms with E-state index < -0.39 is 15.6 Å². The van der Waals surface area contributed by atoms with Gasteiger partial charge in [-0.25, -0.2) is 17.5 Å². The van der Waals surface area contributed by atoms with Crippen molar-refractivity contribution in [2.75, 3.05) is 38.5 Å². The highest BCUT2D eigenvalue weighted by Gasteiger charge is 2.31. The first-order chi connectivity index (χ1) is 14.0. The van der Waals surface area contributed by atoms with Crippen molar-refractivity contribution in [2.24, 2.45) is 5.92 Å². The molecule has 1 N–H and O–H groups in total. The van der Waals surface area contributed by atoms with Crippen molar-refractivity contribution in [1.82, 2.24) is 14.5 Å². The summed E-state index contributed by atoms with van der Waals surface area (Å²) < 4.78 is 31.4. The molecule has 0 unspecified atom stereocenters. The van der Waals surface area contributed by atoms with Gasteiger partial charge < -0.3 is 15.0 Å². The Hall–Kier alpha value is -1.61. The standard InChI is InChI=1S/C21H37N3O5S/c1-5-15-30(27,28)24-12-6-7-18(16-24)19(25)22-11-8-17-9-13-23(14-10-17)20(26)29-21(2,3)4/h9,18H,5-8,10-16H2,1-4H3,(H,22,25)/t18-/m0/s1. The number of rotatable bonds is 7. The van der Waals surface area contributed by atoms with Gasteiger partial charge >= 0.3 is 6.09 Å². The van der Waals surface area contributed by atoms with Crippen molar-refractivity contribution in [3.8, 4) is 0 Å². The smallest absolute Gasteiger partial charge is 0.410 e. The Morgan fingerprint density at radius 1 is 1.27 bits per heavy atom. The molecule has 30 heavy (non-hydrogen) atoms. The number of amides is 2. The molecule has 2 amide bonds. The van der Waals surface area contributed by atoms with Crippen molar-refractivity contribution >= 4 is 22.0 Å². The summed E-state index contributed by atoms with van der Waals surface area (Å²) in [5, 5.41) is 2.96. The third-order valence-electron chi connectivity index (χ3n) is 5.31. The SMILES string of the molecule is CCCS(=O)(=O)N1CCC[C@H](C(=O)NCCC2=CCN(C(=O)OC(C)(C)C)CC2)C1. The molecule has 2 heterocycles. The van der Waals surface area contributed by atoms with Crippen molar-refractivity contribution < 1.29 is 22.7 Å². The second kappa shape index (κ2) is 10.6. The molecule has 0 spiro atoms. The Kier molecular flexibility index (Phi) is 8.73. The number of nitrogens with one attached hydrogen (secondary N) is 1. The number of carbonyl (C=O) groups is 2. The lowest BCUT2D eigenvalue weighted by Crippen LogP contribution is -2.46. The lowest BCUT2D eigenvalue weighted by molar-refractivity contribution is -0.126. The van der Waals surface area contributed by atoms with Gasteiger partial charge in [0.05, 0.1) is 11.7 Å². The number of hydrogen-bond acceptors (Lipinski definition) is 5. The molecule has 1 atom stereocenters. The Labute approximate surface area is 181 Å². The van der Waals surface area contributed by atoms with Crippen LogP contribution in [-0.4, -0.2) is 73.7 Å². The third kappa shape index (κ3) is 7.58. The zero-order valence-corrected chi connectivity index (χ0v) is 19.6. The van der Waals surface area contributed by atoms with Crippen LogP contribution in [-0.2, 0) is 19.6 Å². The van der Waals surface area contributed by atoms with Gasteiger partial charge in [-0.3, -0.25) is 4.79 Å². The number of ether oxygens (including phenoxy) is 1. The first kappa shape index (κ1) is 24.7. The monoisotopic (exact) mass is 443 g/mol. The first-order valence-corrected chi connectivity index (χ1v) is 12.5. The van der Waals surface area contributed by atoms with E-state index in [0.717, 1.165) is 19.3 Å². The van der Waals surface area contributed by atoms with E-state index in [9.17, 15) is 18.0 Å². The molecule has 2 aliphatic heterocycles. The van der Waals surface area contributed by atoms with Gasteiger partial charge in [0.25, 0.3) is 0 Å². The number of sulfonamides is 1. The normalized spacial score (nSPS) is 21.1. The Bertz CT molecular complexity index is 742. The largest absolute Gasteiger partial charge is 0.444 e. The van der Waals surface area contributed by atoms with E-state index in [1.807, 2.05) is 33.8 Å². The van der Waals surface area contributed by atoms with E-state index in [2.05, 4.69) is 5.32 Å². The average Bonchev–Trinajstić information content (AvgIpc) is 2.67. The van der Waals surface area contributed by atoms with Crippen LogP contribution in [0, 0.1) is 5.92 Å². The molecule has 0 saturated carbocycles. The molecule has 0 bridgehead atoms. The predicted molar refractivity (Wildman–Crippen MR) is 117 cm³/mol. The zero-order valence-electron chi connectivity index (χ0n) is 18.8. The van der Waals surface area contributed by atoms with Gasteiger partial charge in [-0.1, -0.05) is 18.6 Å². The van der Waals surface area contributed by atoms with E-state index in [1.165, 1.54) is 9.88 Å². The fourth-order valence-corrected chi connectivity index (χ4v) is 5.31. The zero-order chi connectivity index (χ0) is 22.4. The highest BCUT2D eigenvalue weighted by atomic mass is 32.2. The molecule has 0 radical (unpaired) electrons. The van der Waals surface area contributed by atoms with Gasteiger partial charge in [0.15, 0.2) is 0 Å². The second-order valence-corrected chi connectivity index (χ2v) is 11.2. The Morgan fingerprint density at radius 3 is 2.60 bits per heavy atom. The summed E-state index contributed by atoms with van der Waals surface area (Å²) in [7, 11) is -3.26. The predicted octanol–water partition coefficient (Wildman–Crippen LogP) is 2.51. The van der Waals surface area contributed by atoms with Crippen LogP contribution in [0.4, 0.5) is 4.79 Å². The Morgan fingerprint density at radius 2 is 2.00 bits per heavy atom. The summed E-state index contributed by atoms with van der Waals surface area (Å²) in [5.41, 5.74) is 0.710. The Balaban J connectivity index is 1.75. The quantitative estimate of drug-likeness (QED) is 0.610. The summed E-state index contributed by atoms with van der Waals surface area (Å²) >= 11 is 0. The van der Waals surface area contributed by atoms with Crippen LogP contribution in [0.2, 0.25) is 0 Å². The van der Waals surface area contributed by atoms with Gasteiger partial charge in [-0.05, 0) is 52.9 Å². The highest BCUT2D eigenvalue weighted by molar-refractivity contribution is 7.89. The molecule has 0 aromatic carbocycles. The molecule has 8 nitrogen and oxygen atoms in total. The molecule has 0 aliphatic carbocycles. The maximum Gasteiger partial charge on any atom is 0.410 e. The lowest BCUT2D eigenvalue weighted by Gasteiger charge is -2.31. The van der Waals surface area contributed by atoms with Crippen LogP contribution in [0.15, 0.2) is 11.6 Å². The van der Waals surface area contributed by atoms with E-state index in [0.29, 0.717) is 39.0 Å². The van der Waals surface area contributed by atoms with Crippen molar-refractivity contribution in [2.45, 2.75) is 65.4 Å². The molecule has 0 aromatic heterocycles. The fraction of sp³-hybridized carbons (Fsp3) is 0.810. The van der Waals surface area contributed by atoms with Gasteiger partial charge in [0.1, 0.15) is 5.60 Å². The van der Waals surface area contributed by atoms with Crippen LogP contribution in [0.1, 0.15) is 59.8 Å². The third-order valence-corrected chi connectivity index (χ3v) is 7.35. The van der Waals surface area contributed by atoms with Crippen LogP contribution in [0.3, 0.4) is 0 Å².